The fourth-order valence-corrected chi connectivity index (χ4v) is 3.37. The van der Waals surface area contributed by atoms with Gasteiger partial charge in [-0.05, 0) is 38.5 Å². The predicted molar refractivity (Wildman–Crippen MR) is 78.2 cm³/mol. The van der Waals surface area contributed by atoms with Gasteiger partial charge in [-0.25, -0.2) is 9.78 Å². The average molecular weight is 304 g/mol. The number of hydrogen-bond donors (Lipinski definition) is 1. The Balaban J connectivity index is 1.84. The summed E-state index contributed by atoms with van der Waals surface area (Å²) in [6.07, 6.45) is 10.5. The van der Waals surface area contributed by atoms with E-state index in [1.54, 1.807) is 4.90 Å². The van der Waals surface area contributed by atoms with Gasteiger partial charge in [0.25, 0.3) is 0 Å². The lowest BCUT2D eigenvalue weighted by Gasteiger charge is -2.37. The lowest BCUT2D eigenvalue weighted by molar-refractivity contribution is -0.140. The van der Waals surface area contributed by atoms with E-state index in [0.717, 1.165) is 44.9 Å². The number of carboxylic acids is 1. The Kier molecular flexibility index (Phi) is 4.27. The third-order valence-corrected chi connectivity index (χ3v) is 4.50. The van der Waals surface area contributed by atoms with Crippen LogP contribution in [-0.4, -0.2) is 33.4 Å². The molecule has 3 rings (SSSR count). The van der Waals surface area contributed by atoms with Gasteiger partial charge in [-0.3, -0.25) is 4.79 Å². The SMILES string of the molecule is O=C(O)c1ncoc1C1CCCCN1C(=O)[C@@H]1CC=CCC1. The summed E-state index contributed by atoms with van der Waals surface area (Å²) in [4.78, 5) is 29.7. The van der Waals surface area contributed by atoms with Gasteiger partial charge in [0, 0.05) is 12.5 Å². The van der Waals surface area contributed by atoms with E-state index in [1.165, 1.54) is 0 Å². The summed E-state index contributed by atoms with van der Waals surface area (Å²) in [7, 11) is 0. The molecule has 0 saturated carbocycles. The zero-order valence-electron chi connectivity index (χ0n) is 12.4. The minimum Gasteiger partial charge on any atom is -0.476 e. The maximum atomic E-state index is 12.8. The molecule has 6 heteroatoms. The van der Waals surface area contributed by atoms with Gasteiger partial charge in [-0.1, -0.05) is 12.2 Å². The van der Waals surface area contributed by atoms with E-state index in [9.17, 15) is 14.7 Å². The van der Waals surface area contributed by atoms with Gasteiger partial charge in [-0.2, -0.15) is 0 Å². The Morgan fingerprint density at radius 2 is 2.14 bits per heavy atom. The number of hydrogen-bond acceptors (Lipinski definition) is 4. The summed E-state index contributed by atoms with van der Waals surface area (Å²) in [5.41, 5.74) is -0.0757. The molecule has 1 aliphatic heterocycles. The van der Waals surface area contributed by atoms with Crippen LogP contribution in [0.3, 0.4) is 0 Å². The highest BCUT2D eigenvalue weighted by atomic mass is 16.4. The standard InChI is InChI=1S/C16H20N2O4/c19-15(11-6-2-1-3-7-11)18-9-5-4-8-12(18)14-13(16(20)21)17-10-22-14/h1-2,10-12H,3-9H2,(H,20,21)/t11-,12?/m1/s1. The van der Waals surface area contributed by atoms with Gasteiger partial charge in [0.2, 0.25) is 5.91 Å². The van der Waals surface area contributed by atoms with Crippen LogP contribution in [0.2, 0.25) is 0 Å². The van der Waals surface area contributed by atoms with Crippen LogP contribution in [0, 0.1) is 5.92 Å². The molecular formula is C16H20N2O4. The highest BCUT2D eigenvalue weighted by Gasteiger charge is 2.36. The molecule has 0 spiro atoms. The molecule has 2 aliphatic rings. The molecule has 1 amide bonds. The van der Waals surface area contributed by atoms with Crippen molar-refractivity contribution < 1.29 is 19.1 Å². The predicted octanol–water partition coefficient (Wildman–Crippen LogP) is 2.78. The lowest BCUT2D eigenvalue weighted by atomic mass is 9.90. The van der Waals surface area contributed by atoms with Crippen LogP contribution in [0.1, 0.15) is 60.8 Å². The smallest absolute Gasteiger partial charge is 0.358 e. The summed E-state index contributed by atoms with van der Waals surface area (Å²) in [5.74, 6) is -0.683. The molecule has 0 aromatic carbocycles. The molecule has 2 heterocycles. The number of aromatic carboxylic acids is 1. The van der Waals surface area contributed by atoms with E-state index < -0.39 is 5.97 Å². The Morgan fingerprint density at radius 1 is 1.27 bits per heavy atom. The Bertz CT molecular complexity index is 593. The second-order valence-corrected chi connectivity index (χ2v) is 5.89. The highest BCUT2D eigenvalue weighted by Crippen LogP contribution is 2.35. The first kappa shape index (κ1) is 14.8. The minimum atomic E-state index is -1.11. The molecule has 118 valence electrons. The zero-order valence-corrected chi connectivity index (χ0v) is 12.4. The van der Waals surface area contributed by atoms with E-state index >= 15 is 0 Å². The van der Waals surface area contributed by atoms with Crippen molar-refractivity contribution in [2.75, 3.05) is 6.54 Å². The van der Waals surface area contributed by atoms with Gasteiger partial charge in [0.1, 0.15) is 0 Å². The number of allylic oxidation sites excluding steroid dienone is 2. The van der Waals surface area contributed by atoms with Crippen LogP contribution in [-0.2, 0) is 4.79 Å². The van der Waals surface area contributed by atoms with Crippen molar-refractivity contribution in [1.82, 2.24) is 9.88 Å². The van der Waals surface area contributed by atoms with Crippen LogP contribution in [0.15, 0.2) is 23.0 Å². The monoisotopic (exact) mass is 304 g/mol. The fraction of sp³-hybridized carbons (Fsp3) is 0.562. The van der Waals surface area contributed by atoms with Gasteiger partial charge >= 0.3 is 5.97 Å². The van der Waals surface area contributed by atoms with Crippen LogP contribution in [0.5, 0.6) is 0 Å². The summed E-state index contributed by atoms with van der Waals surface area (Å²) < 4.78 is 5.33. The normalized spacial score (nSPS) is 25.2. The Morgan fingerprint density at radius 3 is 2.86 bits per heavy atom. The van der Waals surface area contributed by atoms with E-state index in [-0.39, 0.29) is 23.6 Å². The van der Waals surface area contributed by atoms with Crippen LogP contribution in [0.25, 0.3) is 0 Å². The number of rotatable bonds is 3. The topological polar surface area (TPSA) is 83.6 Å². The van der Waals surface area contributed by atoms with Crippen LogP contribution in [0.4, 0.5) is 0 Å². The largest absolute Gasteiger partial charge is 0.476 e. The van der Waals surface area contributed by atoms with Crippen molar-refractivity contribution in [3.05, 3.63) is 30.0 Å². The molecular weight excluding hydrogens is 284 g/mol. The maximum absolute atomic E-state index is 12.8. The zero-order chi connectivity index (χ0) is 15.5. The molecule has 1 saturated heterocycles. The van der Waals surface area contributed by atoms with Gasteiger partial charge < -0.3 is 14.4 Å². The summed E-state index contributed by atoms with van der Waals surface area (Å²) in [5, 5.41) is 9.22. The number of piperidine rings is 1. The number of oxazole rings is 1. The lowest BCUT2D eigenvalue weighted by Crippen LogP contribution is -2.42. The van der Waals surface area contributed by atoms with Gasteiger partial charge in [0.05, 0.1) is 6.04 Å². The minimum absolute atomic E-state index is 0.00167. The van der Waals surface area contributed by atoms with E-state index in [4.69, 9.17) is 4.42 Å². The molecule has 1 fully saturated rings. The maximum Gasteiger partial charge on any atom is 0.358 e. The van der Waals surface area contributed by atoms with Gasteiger partial charge in [-0.15, -0.1) is 0 Å². The molecule has 0 radical (unpaired) electrons. The number of carboxylic acid groups (broad SMARTS) is 1. The second kappa shape index (κ2) is 6.34. The van der Waals surface area contributed by atoms with Crippen molar-refractivity contribution in [3.63, 3.8) is 0 Å². The number of likely N-dealkylation sites (tertiary alicyclic amines) is 1. The molecule has 1 unspecified atom stereocenters. The van der Waals surface area contributed by atoms with Crippen molar-refractivity contribution in [2.24, 2.45) is 5.92 Å². The average Bonchev–Trinajstić information content (AvgIpc) is 3.05. The fourth-order valence-electron chi connectivity index (χ4n) is 3.37. The molecule has 22 heavy (non-hydrogen) atoms. The van der Waals surface area contributed by atoms with Crippen molar-refractivity contribution >= 4 is 11.9 Å². The molecule has 2 atom stereocenters. The number of aromatic nitrogens is 1. The van der Waals surface area contributed by atoms with E-state index in [2.05, 4.69) is 17.1 Å². The second-order valence-electron chi connectivity index (χ2n) is 5.89. The Hall–Kier alpha value is -2.11. The quantitative estimate of drug-likeness (QED) is 0.868. The molecule has 6 nitrogen and oxygen atoms in total. The van der Waals surface area contributed by atoms with Crippen LogP contribution >= 0.6 is 0 Å². The molecule has 0 bridgehead atoms. The number of carbonyl (C=O) groups is 2. The van der Waals surface area contributed by atoms with Crippen molar-refractivity contribution in [1.29, 1.82) is 0 Å². The number of amides is 1. The summed E-state index contributed by atoms with van der Waals surface area (Å²) >= 11 is 0. The first-order chi connectivity index (χ1) is 10.7. The number of nitrogens with zero attached hydrogens (tertiary/aromatic N) is 2. The van der Waals surface area contributed by atoms with Crippen LogP contribution < -0.4 is 0 Å². The van der Waals surface area contributed by atoms with Gasteiger partial charge in [0.15, 0.2) is 17.8 Å². The van der Waals surface area contributed by atoms with E-state index in [1.807, 2.05) is 0 Å². The number of carbonyl (C=O) groups excluding carboxylic acids is 1. The first-order valence-corrected chi connectivity index (χ1v) is 7.80. The summed E-state index contributed by atoms with van der Waals surface area (Å²) in [6, 6.07) is -0.305. The first-order valence-electron chi connectivity index (χ1n) is 7.80. The third kappa shape index (κ3) is 2.77. The summed E-state index contributed by atoms with van der Waals surface area (Å²) in [6.45, 7) is 0.656. The van der Waals surface area contributed by atoms with Crippen molar-refractivity contribution in [3.8, 4) is 0 Å². The molecule has 1 N–H and O–H groups in total. The molecule has 1 aliphatic carbocycles. The molecule has 1 aromatic heterocycles. The van der Waals surface area contributed by atoms with E-state index in [0.29, 0.717) is 12.3 Å². The van der Waals surface area contributed by atoms with Crippen molar-refractivity contribution in [2.45, 2.75) is 44.6 Å². The third-order valence-electron chi connectivity index (χ3n) is 4.50. The highest BCUT2D eigenvalue weighted by molar-refractivity contribution is 5.87. The molecule has 1 aromatic rings. The Labute approximate surface area is 128 Å².